The Morgan fingerprint density at radius 1 is 0.333 bits per heavy atom. The smallest absolute Gasteiger partial charge is 0.238 e. The van der Waals surface area contributed by atoms with Gasteiger partial charge in [0.15, 0.2) is 0 Å². The molecule has 3 aliphatic heterocycles. The van der Waals surface area contributed by atoms with Crippen molar-refractivity contribution < 1.29 is 4.79 Å². The number of amides is 1. The van der Waals surface area contributed by atoms with Crippen molar-refractivity contribution in [1.82, 2.24) is 15.1 Å². The van der Waals surface area contributed by atoms with Crippen LogP contribution in [0.1, 0.15) is 35.6 Å². The maximum Gasteiger partial charge on any atom is 0.238 e. The van der Waals surface area contributed by atoms with E-state index in [0.717, 1.165) is 32.6 Å². The van der Waals surface area contributed by atoms with Crippen LogP contribution in [0.15, 0.2) is 0 Å². The Morgan fingerprint density at radius 3 is 0.764 bits per heavy atom. The highest BCUT2D eigenvalue weighted by atomic mass is 16.2. The minimum absolute atomic E-state index is 0.236. The molecule has 4 nitrogen and oxygen atoms in total. The number of hydrogen-bond acceptors (Lipinski definition) is 3. The average molecular weight is 890 g/mol. The van der Waals surface area contributed by atoms with Crippen molar-refractivity contribution in [3.05, 3.63) is 22.3 Å². The summed E-state index contributed by atoms with van der Waals surface area (Å²) in [6.07, 6.45) is 0.949. The largest absolute Gasteiger partial charge is 0.355 e. The van der Waals surface area contributed by atoms with Gasteiger partial charge in [0.25, 0.3) is 0 Å². The Hall–Kier alpha value is -8.15. The van der Waals surface area contributed by atoms with Crippen LogP contribution in [0.25, 0.3) is 291 Å². The highest BCUT2D eigenvalue weighted by Crippen LogP contribution is 2.86. The van der Waals surface area contributed by atoms with Gasteiger partial charge in [0.2, 0.25) is 5.91 Å². The summed E-state index contributed by atoms with van der Waals surface area (Å²) in [5.74, 6) is 0.244. The molecule has 0 saturated carbocycles. The fraction of sp³-hybridized carbons (Fsp3) is 0.132. The molecule has 2 spiro atoms. The van der Waals surface area contributed by atoms with Gasteiger partial charge in [0.1, 0.15) is 17.1 Å². The Bertz CT molecular complexity index is 7110. The first-order valence-electron chi connectivity index (χ1n) is 27.4. The maximum absolute atomic E-state index is 15.5. The lowest BCUT2D eigenvalue weighted by Crippen LogP contribution is -2.82. The van der Waals surface area contributed by atoms with Crippen molar-refractivity contribution in [3.8, 4) is 0 Å². The number of nitrogens with one attached hydrogen (secondary N) is 1. The van der Waals surface area contributed by atoms with Crippen LogP contribution in [0, 0.1) is 0 Å². The zero-order valence-corrected chi connectivity index (χ0v) is 37.4. The summed E-state index contributed by atoms with van der Waals surface area (Å²) in [5, 5.41) is 91.5. The van der Waals surface area contributed by atoms with E-state index in [1.165, 1.54) is 0 Å². The Morgan fingerprint density at radius 2 is 0.542 bits per heavy atom. The number of fused-ring (bicyclic) bond motifs is 2. The third-order valence-corrected chi connectivity index (χ3v) is 26.4. The van der Waals surface area contributed by atoms with Gasteiger partial charge in [0.05, 0.1) is 0 Å². The van der Waals surface area contributed by atoms with E-state index in [1.54, 1.807) is 313 Å². The van der Waals surface area contributed by atoms with Crippen LogP contribution < -0.4 is 5.32 Å². The number of rotatable bonds is 3. The molecule has 35 rings (SSSR count). The van der Waals surface area contributed by atoms with Crippen LogP contribution >= 0.6 is 0 Å². The summed E-state index contributed by atoms with van der Waals surface area (Å²) < 4.78 is 0. The van der Waals surface area contributed by atoms with Gasteiger partial charge in [-0.05, 0) is 320 Å². The van der Waals surface area contributed by atoms with Crippen LogP contribution in [-0.2, 0) is 15.9 Å². The molecule has 1 amide bonds. The summed E-state index contributed by atoms with van der Waals surface area (Å²) in [6, 6.07) is -0.236. The second kappa shape index (κ2) is 6.27. The van der Waals surface area contributed by atoms with Crippen molar-refractivity contribution in [2.24, 2.45) is 0 Å². The molecule has 3 atom stereocenters. The molecule has 3 saturated heterocycles. The van der Waals surface area contributed by atoms with E-state index in [9.17, 15) is 0 Å². The number of piperazine rings is 3. The van der Waals surface area contributed by atoms with Crippen molar-refractivity contribution >= 4 is 297 Å². The van der Waals surface area contributed by atoms with E-state index >= 15 is 4.79 Å². The summed E-state index contributed by atoms with van der Waals surface area (Å²) >= 11 is 0. The summed E-state index contributed by atoms with van der Waals surface area (Å²) in [4.78, 5) is 21.5. The summed E-state index contributed by atoms with van der Waals surface area (Å²) in [7, 11) is 0. The van der Waals surface area contributed by atoms with Crippen LogP contribution in [0.4, 0.5) is 0 Å². The van der Waals surface area contributed by atoms with Gasteiger partial charge in [-0.1, -0.05) is 6.92 Å². The van der Waals surface area contributed by atoms with E-state index < -0.39 is 11.1 Å². The zero-order chi connectivity index (χ0) is 43.0. The second-order valence-corrected chi connectivity index (χ2v) is 26.6. The van der Waals surface area contributed by atoms with E-state index in [-0.39, 0.29) is 11.9 Å². The molecule has 1 N–H and O–H groups in total. The highest BCUT2D eigenvalue weighted by Gasteiger charge is 2.77. The molecule has 7 aliphatic rings. The third kappa shape index (κ3) is 1.45. The van der Waals surface area contributed by atoms with Gasteiger partial charge in [-0.15, -0.1) is 0 Å². The van der Waals surface area contributed by atoms with Crippen LogP contribution in [0.5, 0.6) is 0 Å². The normalized spacial score (nSPS) is 26.1. The number of carbonyl (C=O) groups excluding carboxylic acids is 1. The molecule has 4 aliphatic carbocycles. The van der Waals surface area contributed by atoms with Gasteiger partial charge in [0, 0.05) is 26.2 Å². The quantitative estimate of drug-likeness (QED) is 0.180. The van der Waals surface area contributed by atoms with Crippen LogP contribution in [0.2, 0.25) is 0 Å². The van der Waals surface area contributed by atoms with Gasteiger partial charge in [-0.2, -0.15) is 0 Å². The maximum atomic E-state index is 15.5. The number of nitrogens with zero attached hydrogens (tertiary/aromatic N) is 2. The second-order valence-electron chi connectivity index (χ2n) is 26.6. The first-order chi connectivity index (χ1) is 35.8. The average Bonchev–Trinajstić information content (AvgIpc) is 4.41. The van der Waals surface area contributed by atoms with E-state index in [4.69, 9.17) is 0 Å². The third-order valence-electron chi connectivity index (χ3n) is 26.4. The van der Waals surface area contributed by atoms with Crippen molar-refractivity contribution in [3.63, 3.8) is 0 Å². The molecule has 0 radical (unpaired) electrons. The Balaban J connectivity index is 1.14. The van der Waals surface area contributed by atoms with Crippen LogP contribution in [0.3, 0.4) is 0 Å². The highest BCUT2D eigenvalue weighted by molar-refractivity contribution is 6.82. The zero-order valence-electron chi connectivity index (χ0n) is 37.4. The minimum Gasteiger partial charge on any atom is -0.355 e. The first-order valence-corrected chi connectivity index (χ1v) is 27.4. The van der Waals surface area contributed by atoms with Gasteiger partial charge < -0.3 is 5.32 Å². The molecular weight excluding hydrogens is 875 g/mol. The molecular formula is C68H15N3O. The topological polar surface area (TPSA) is 35.6 Å². The Kier molecular flexibility index (Phi) is 2.39. The van der Waals surface area contributed by atoms with E-state index in [2.05, 4.69) is 22.0 Å². The molecule has 308 valence electrons. The van der Waals surface area contributed by atoms with Gasteiger partial charge in [-0.3, -0.25) is 14.6 Å². The molecule has 4 heteroatoms. The number of hydrogen-bond donors (Lipinski definition) is 1. The van der Waals surface area contributed by atoms with Crippen molar-refractivity contribution in [2.75, 3.05) is 26.2 Å². The standard InChI is InChI=1S/C68H15N3O/c1-2-3-69-66(72)7-6-70-4-5-71(7)68-64-58-52-42-34-24-16-12-9-8-10-14(16)22-30(24)44(52)50-40-32(22)26-18(10)19-11(8)15-17-13(9)21-20(12)28(34)38-39-29(21)35-25(17)31-23(15)33-27(19)37-36(26)46(40)54-55-47(37)41(33)51-45(31)53-43(35)49(39)61(60(64)48(38)42)65(68)59(53)57(51)63(55)67(68,70)62(54)56(50)58/h7H,2-6H2,1H3,(H,69,72)/t7-,67?,68?/m0/s1. The fourth-order valence-electron chi connectivity index (χ4n) is 26.3. The van der Waals surface area contributed by atoms with E-state index in [1.807, 2.05) is 0 Å². The summed E-state index contributed by atoms with van der Waals surface area (Å²) in [6.45, 7) is 5.60. The summed E-state index contributed by atoms with van der Waals surface area (Å²) in [5.41, 5.74) is 5.61. The predicted octanol–water partition coefficient (Wildman–Crippen LogP) is 15.7. The van der Waals surface area contributed by atoms with Crippen molar-refractivity contribution in [1.29, 1.82) is 0 Å². The van der Waals surface area contributed by atoms with Crippen LogP contribution in [-0.4, -0.2) is 47.9 Å². The molecule has 72 heavy (non-hydrogen) atoms. The van der Waals surface area contributed by atoms with Gasteiger partial charge >= 0.3 is 0 Å². The molecule has 0 aromatic heterocycles. The molecule has 2 unspecified atom stereocenters. The molecule has 3 fully saturated rings. The number of benzene rings is 18. The molecule has 28 aromatic rings. The molecule has 3 heterocycles. The van der Waals surface area contributed by atoms with E-state index in [0.29, 0.717) is 0 Å². The fourth-order valence-corrected chi connectivity index (χ4v) is 26.3. The molecule has 28 aromatic carbocycles. The molecule has 2 bridgehead atoms. The van der Waals surface area contributed by atoms with Crippen molar-refractivity contribution in [2.45, 2.75) is 30.5 Å². The Labute approximate surface area is 393 Å². The SMILES string of the molecule is CCCNC(=O)[C@@H]1CN2CCN1C13c4c5c6c7c8c9c(c%10c%11c1c1c4c4c%12c5c5c6c6c8c8c%13c9c9c%10c%10c%11c%11c1c1c4c4c%12c%12c5c5c6c8c6c8c%13c9c9c%10c%10c%11c1c1c4c4c%12c5c6c5c8c9c%10c1c45)C723. The monoisotopic (exact) mass is 889 g/mol. The number of carbonyl (C=O) groups is 1. The lowest BCUT2D eigenvalue weighted by atomic mass is 9.53. The van der Waals surface area contributed by atoms with Gasteiger partial charge in [-0.25, -0.2) is 0 Å². The first kappa shape index (κ1) is 27.5. The lowest BCUT2D eigenvalue weighted by Gasteiger charge is -2.70. The predicted molar refractivity (Wildman–Crippen MR) is 299 cm³/mol. The minimum atomic E-state index is -0.552. The lowest BCUT2D eigenvalue weighted by molar-refractivity contribution is -0.171.